The summed E-state index contributed by atoms with van der Waals surface area (Å²) in [5.41, 5.74) is 0. The third kappa shape index (κ3) is 7.70. The van der Waals surface area contributed by atoms with Crippen molar-refractivity contribution in [3.8, 4) is 0 Å². The maximum atomic E-state index is 11.3. The highest BCUT2D eigenvalue weighted by atomic mass is 16.5. The number of ether oxygens (including phenoxy) is 1. The molecule has 0 aromatic carbocycles. The van der Waals surface area contributed by atoms with Crippen molar-refractivity contribution in [1.29, 1.82) is 0 Å². The Balaban J connectivity index is 3.67. The van der Waals surface area contributed by atoms with Gasteiger partial charge in [0.25, 0.3) is 0 Å². The summed E-state index contributed by atoms with van der Waals surface area (Å²) in [4.78, 5) is 24.7. The van der Waals surface area contributed by atoms with Crippen LogP contribution in [0.4, 0.5) is 0 Å². The fourth-order valence-electron chi connectivity index (χ4n) is 1.29. The zero-order chi connectivity index (χ0) is 13.1. The van der Waals surface area contributed by atoms with Crippen molar-refractivity contribution in [2.24, 2.45) is 0 Å². The first kappa shape index (κ1) is 15.9. The number of amides is 2. The SMILES string of the molecule is CCN(CC)CCNC(=O)C(=O)NCCOC. The van der Waals surface area contributed by atoms with E-state index < -0.39 is 11.8 Å². The Bertz CT molecular complexity index is 230. The molecule has 0 radical (unpaired) electrons. The number of carbonyl (C=O) groups excluding carboxylic acids is 2. The normalized spacial score (nSPS) is 10.4. The molecule has 0 spiro atoms. The van der Waals surface area contributed by atoms with Crippen LogP contribution in [0, 0.1) is 0 Å². The summed E-state index contributed by atoms with van der Waals surface area (Å²) in [7, 11) is 1.54. The Morgan fingerprint density at radius 2 is 1.59 bits per heavy atom. The van der Waals surface area contributed by atoms with E-state index in [1.807, 2.05) is 0 Å². The van der Waals surface area contributed by atoms with Gasteiger partial charge >= 0.3 is 11.8 Å². The van der Waals surface area contributed by atoms with Crippen LogP contribution < -0.4 is 10.6 Å². The molecule has 0 saturated heterocycles. The van der Waals surface area contributed by atoms with Crippen molar-refractivity contribution in [3.05, 3.63) is 0 Å². The van der Waals surface area contributed by atoms with Gasteiger partial charge in [-0.2, -0.15) is 0 Å². The molecule has 2 amide bonds. The molecular formula is C11H23N3O3. The van der Waals surface area contributed by atoms with Gasteiger partial charge in [-0.05, 0) is 13.1 Å². The predicted molar refractivity (Wildman–Crippen MR) is 65.7 cm³/mol. The number of likely N-dealkylation sites (N-methyl/N-ethyl adjacent to an activating group) is 1. The molecular weight excluding hydrogens is 222 g/mol. The third-order valence-electron chi connectivity index (χ3n) is 2.41. The lowest BCUT2D eigenvalue weighted by molar-refractivity contribution is -0.139. The number of nitrogens with one attached hydrogen (secondary N) is 2. The zero-order valence-electron chi connectivity index (χ0n) is 10.9. The molecule has 0 saturated carbocycles. The largest absolute Gasteiger partial charge is 0.383 e. The molecule has 100 valence electrons. The van der Waals surface area contributed by atoms with Gasteiger partial charge in [-0.25, -0.2) is 0 Å². The molecule has 0 heterocycles. The summed E-state index contributed by atoms with van der Waals surface area (Å²) in [5.74, 6) is -1.20. The third-order valence-corrected chi connectivity index (χ3v) is 2.41. The average molecular weight is 245 g/mol. The van der Waals surface area contributed by atoms with Crippen LogP contribution in [0.25, 0.3) is 0 Å². The number of rotatable bonds is 8. The number of hydrogen-bond donors (Lipinski definition) is 2. The van der Waals surface area contributed by atoms with E-state index in [1.54, 1.807) is 0 Å². The molecule has 0 aromatic rings. The van der Waals surface area contributed by atoms with Gasteiger partial charge in [0.1, 0.15) is 0 Å². The van der Waals surface area contributed by atoms with E-state index in [0.717, 1.165) is 19.6 Å². The van der Waals surface area contributed by atoms with Crippen molar-refractivity contribution in [3.63, 3.8) is 0 Å². The first-order valence-electron chi connectivity index (χ1n) is 5.93. The van der Waals surface area contributed by atoms with Crippen LogP contribution in [0.5, 0.6) is 0 Å². The summed E-state index contributed by atoms with van der Waals surface area (Å²) < 4.78 is 4.76. The predicted octanol–water partition coefficient (Wildman–Crippen LogP) is -0.793. The Hall–Kier alpha value is -1.14. The van der Waals surface area contributed by atoms with Crippen LogP contribution in [0.1, 0.15) is 13.8 Å². The summed E-state index contributed by atoms with van der Waals surface area (Å²) >= 11 is 0. The molecule has 0 atom stereocenters. The minimum atomic E-state index is -0.610. The fraction of sp³-hybridized carbons (Fsp3) is 0.818. The highest BCUT2D eigenvalue weighted by Crippen LogP contribution is 1.84. The summed E-state index contributed by atoms with van der Waals surface area (Å²) in [6.45, 7) is 7.98. The number of hydrogen-bond acceptors (Lipinski definition) is 4. The Morgan fingerprint density at radius 3 is 2.06 bits per heavy atom. The molecule has 6 nitrogen and oxygen atoms in total. The van der Waals surface area contributed by atoms with Gasteiger partial charge < -0.3 is 20.3 Å². The van der Waals surface area contributed by atoms with E-state index in [0.29, 0.717) is 19.7 Å². The smallest absolute Gasteiger partial charge is 0.309 e. The second-order valence-electron chi connectivity index (χ2n) is 3.53. The second kappa shape index (κ2) is 10.0. The highest BCUT2D eigenvalue weighted by molar-refractivity contribution is 6.35. The van der Waals surface area contributed by atoms with Crippen molar-refractivity contribution >= 4 is 11.8 Å². The molecule has 0 unspecified atom stereocenters. The summed E-state index contributed by atoms with van der Waals surface area (Å²) in [6, 6.07) is 0. The number of methoxy groups -OCH3 is 1. The molecule has 0 aromatic heterocycles. The Morgan fingerprint density at radius 1 is 1.06 bits per heavy atom. The highest BCUT2D eigenvalue weighted by Gasteiger charge is 2.11. The van der Waals surface area contributed by atoms with Crippen LogP contribution in [0.15, 0.2) is 0 Å². The number of carbonyl (C=O) groups is 2. The standard InChI is InChI=1S/C11H23N3O3/c1-4-14(5-2)8-6-12-10(15)11(16)13-7-9-17-3/h4-9H2,1-3H3,(H,12,15)(H,13,16). The van der Waals surface area contributed by atoms with Crippen LogP contribution in [0.3, 0.4) is 0 Å². The van der Waals surface area contributed by atoms with Gasteiger partial charge in [-0.1, -0.05) is 13.8 Å². The molecule has 0 fully saturated rings. The molecule has 6 heteroatoms. The summed E-state index contributed by atoms with van der Waals surface area (Å²) in [5, 5.41) is 5.03. The second-order valence-corrected chi connectivity index (χ2v) is 3.53. The van der Waals surface area contributed by atoms with Crippen molar-refractivity contribution in [2.45, 2.75) is 13.8 Å². The topological polar surface area (TPSA) is 70.7 Å². The molecule has 0 aliphatic carbocycles. The van der Waals surface area contributed by atoms with Gasteiger partial charge in [0, 0.05) is 26.7 Å². The molecule has 0 aliphatic heterocycles. The summed E-state index contributed by atoms with van der Waals surface area (Å²) in [6.07, 6.45) is 0. The van der Waals surface area contributed by atoms with Crippen molar-refractivity contribution in [1.82, 2.24) is 15.5 Å². The van der Waals surface area contributed by atoms with E-state index in [9.17, 15) is 9.59 Å². The monoisotopic (exact) mass is 245 g/mol. The Labute approximate surface area is 103 Å². The van der Waals surface area contributed by atoms with Crippen LogP contribution in [0.2, 0.25) is 0 Å². The van der Waals surface area contributed by atoms with E-state index in [-0.39, 0.29) is 0 Å². The van der Waals surface area contributed by atoms with Crippen molar-refractivity contribution in [2.75, 3.05) is 46.4 Å². The van der Waals surface area contributed by atoms with Crippen LogP contribution in [-0.4, -0.2) is 63.2 Å². The molecule has 0 aliphatic rings. The lowest BCUT2D eigenvalue weighted by Gasteiger charge is -2.17. The van der Waals surface area contributed by atoms with Crippen LogP contribution in [-0.2, 0) is 14.3 Å². The van der Waals surface area contributed by atoms with Gasteiger partial charge in [-0.3, -0.25) is 9.59 Å². The van der Waals surface area contributed by atoms with Gasteiger partial charge in [0.05, 0.1) is 6.61 Å². The van der Waals surface area contributed by atoms with Crippen molar-refractivity contribution < 1.29 is 14.3 Å². The van der Waals surface area contributed by atoms with Gasteiger partial charge in [-0.15, -0.1) is 0 Å². The zero-order valence-corrected chi connectivity index (χ0v) is 10.9. The van der Waals surface area contributed by atoms with Crippen LogP contribution >= 0.6 is 0 Å². The maximum Gasteiger partial charge on any atom is 0.309 e. The lowest BCUT2D eigenvalue weighted by Crippen LogP contribution is -2.43. The first-order chi connectivity index (χ1) is 8.15. The lowest BCUT2D eigenvalue weighted by atomic mass is 10.4. The minimum absolute atomic E-state index is 0.346. The maximum absolute atomic E-state index is 11.3. The average Bonchev–Trinajstić information content (AvgIpc) is 2.34. The molecule has 0 bridgehead atoms. The molecule has 0 rings (SSSR count). The van der Waals surface area contributed by atoms with E-state index in [1.165, 1.54) is 7.11 Å². The molecule has 17 heavy (non-hydrogen) atoms. The first-order valence-corrected chi connectivity index (χ1v) is 5.93. The van der Waals surface area contributed by atoms with E-state index in [2.05, 4.69) is 29.4 Å². The van der Waals surface area contributed by atoms with Gasteiger partial charge in [0.2, 0.25) is 0 Å². The number of nitrogens with zero attached hydrogens (tertiary/aromatic N) is 1. The minimum Gasteiger partial charge on any atom is -0.383 e. The fourth-order valence-corrected chi connectivity index (χ4v) is 1.29. The van der Waals surface area contributed by atoms with E-state index in [4.69, 9.17) is 4.74 Å². The van der Waals surface area contributed by atoms with Gasteiger partial charge in [0.15, 0.2) is 0 Å². The van der Waals surface area contributed by atoms with E-state index >= 15 is 0 Å². The Kier molecular flexibility index (Phi) is 9.37. The quantitative estimate of drug-likeness (QED) is 0.434. The molecule has 2 N–H and O–H groups in total.